The Bertz CT molecular complexity index is 321. The fourth-order valence-corrected chi connectivity index (χ4v) is 0.684. The molecule has 0 unspecified atom stereocenters. The molecule has 0 aliphatic heterocycles. The molecule has 21 heavy (non-hydrogen) atoms. The normalized spacial score (nSPS) is 7.86. The maximum absolute atomic E-state index is 10.1. The van der Waals surface area contributed by atoms with Crippen molar-refractivity contribution in [2.24, 2.45) is 0 Å². The van der Waals surface area contributed by atoms with Gasteiger partial charge >= 0.3 is 68.6 Å². The van der Waals surface area contributed by atoms with Gasteiger partial charge in [-0.25, -0.2) is 0 Å². The van der Waals surface area contributed by atoms with Crippen molar-refractivity contribution in [2.45, 2.75) is 18.4 Å². The Kier molecular flexibility index (Phi) is 31.5. The molecule has 0 saturated heterocycles. The number of aliphatic carboxylic acids is 3. The first-order valence-corrected chi connectivity index (χ1v) is 3.72. The van der Waals surface area contributed by atoms with E-state index >= 15 is 0 Å². The summed E-state index contributed by atoms with van der Waals surface area (Å²) in [5, 5.41) is 55.6. The van der Waals surface area contributed by atoms with E-state index in [1.165, 1.54) is 0 Å². The van der Waals surface area contributed by atoms with Crippen LogP contribution in [0.5, 0.6) is 0 Å². The third-order valence-corrected chi connectivity index (χ3v) is 1.25. The van der Waals surface area contributed by atoms with Crippen LogP contribution in [0.2, 0.25) is 0 Å². The molecule has 0 amide bonds. The molecule has 0 fully saturated rings. The average molecular weight is 475 g/mol. The topological polar surface area (TPSA) is 204 Å². The minimum absolute atomic E-state index is 0. The van der Waals surface area contributed by atoms with Crippen molar-refractivity contribution in [3.63, 3.8) is 0 Å². The van der Waals surface area contributed by atoms with E-state index in [4.69, 9.17) is 20.1 Å². The standard InChI is InChI=1S/C6H8O7.CH2O3.Cr.Cu.Fe.Mn/c7-3(8)1-6(13,5(11)12)2-4(9)10;2-1(3)4;;;;/h13H,1-2H2,(H,7,8)(H,9,10)(H,11,12);(H2,2,3,4);;;;/q;;+3;3*+2/p-5. The number of hydrogen-bond acceptors (Lipinski definition) is 10. The van der Waals surface area contributed by atoms with Crippen LogP contribution in [0.3, 0.4) is 0 Å². The minimum Gasteiger partial charge on any atom is -0.652 e. The van der Waals surface area contributed by atoms with E-state index in [1.807, 2.05) is 0 Å². The van der Waals surface area contributed by atoms with E-state index in [-0.39, 0.29) is 68.6 Å². The van der Waals surface area contributed by atoms with Crippen molar-refractivity contribution < 1.29 is 118 Å². The number of hydrogen-bond donors (Lipinski definition) is 1. The van der Waals surface area contributed by atoms with Gasteiger partial charge in [0.1, 0.15) is 5.60 Å². The van der Waals surface area contributed by atoms with Crippen molar-refractivity contribution in [1.29, 1.82) is 0 Å². The summed E-state index contributed by atoms with van der Waals surface area (Å²) in [7, 11) is 0. The van der Waals surface area contributed by atoms with Crippen LogP contribution < -0.4 is 25.5 Å². The first kappa shape index (κ1) is 37.2. The number of carboxylic acids is 3. The zero-order valence-electron chi connectivity index (χ0n) is 9.48. The molecule has 3 radical (unpaired) electrons. The van der Waals surface area contributed by atoms with Crippen LogP contribution >= 0.6 is 0 Å². The van der Waals surface area contributed by atoms with Gasteiger partial charge in [-0.3, -0.25) is 0 Å². The maximum atomic E-state index is 10.1. The van der Waals surface area contributed by atoms with Gasteiger partial charge in [0.15, 0.2) is 0 Å². The van der Waals surface area contributed by atoms with Crippen LogP contribution in [-0.4, -0.2) is 34.8 Å². The van der Waals surface area contributed by atoms with Gasteiger partial charge in [-0.05, 0) is 6.16 Å². The monoisotopic (exact) mass is 475 g/mol. The van der Waals surface area contributed by atoms with E-state index in [9.17, 15) is 29.7 Å². The van der Waals surface area contributed by atoms with Gasteiger partial charge in [-0.15, -0.1) is 0 Å². The molecule has 0 saturated carbocycles. The second-order valence-corrected chi connectivity index (χ2v) is 2.67. The van der Waals surface area contributed by atoms with Gasteiger partial charge in [0.05, 0.1) is 5.97 Å². The molecule has 0 rings (SSSR count). The Morgan fingerprint density at radius 1 is 0.857 bits per heavy atom. The predicted molar refractivity (Wildman–Crippen MR) is 34.6 cm³/mol. The molecule has 0 bridgehead atoms. The van der Waals surface area contributed by atoms with E-state index in [1.54, 1.807) is 0 Å². The smallest absolute Gasteiger partial charge is 0.652 e. The van der Waals surface area contributed by atoms with Gasteiger partial charge in [-0.1, -0.05) is 0 Å². The number of carboxylic acid groups (broad SMARTS) is 5. The quantitative estimate of drug-likeness (QED) is 0.372. The molecule has 1 N–H and O–H groups in total. The fourth-order valence-electron chi connectivity index (χ4n) is 0.684. The maximum Gasteiger partial charge on any atom is 3.00 e. The van der Waals surface area contributed by atoms with E-state index in [0.717, 1.165) is 0 Å². The average Bonchev–Trinajstić information content (AvgIpc) is 1.98. The molecule has 10 nitrogen and oxygen atoms in total. The summed E-state index contributed by atoms with van der Waals surface area (Å²) in [5.74, 6) is -5.98. The van der Waals surface area contributed by atoms with E-state index in [0.29, 0.717) is 0 Å². The minimum atomic E-state index is -2.97. The summed E-state index contributed by atoms with van der Waals surface area (Å²) >= 11 is 0. The molecule has 0 aliphatic rings. The Labute approximate surface area is 160 Å². The van der Waals surface area contributed by atoms with E-state index in [2.05, 4.69) is 0 Å². The number of carbonyl (C=O) groups excluding carboxylic acids is 4. The summed E-state index contributed by atoms with van der Waals surface area (Å²) in [6, 6.07) is 0. The van der Waals surface area contributed by atoms with Crippen LogP contribution in [-0.2, 0) is 83.0 Å². The second-order valence-electron chi connectivity index (χ2n) is 2.67. The summed E-state index contributed by atoms with van der Waals surface area (Å²) < 4.78 is 0. The van der Waals surface area contributed by atoms with Gasteiger partial charge in [0.2, 0.25) is 0 Å². The zero-order valence-corrected chi connectivity index (χ0v) is 14.0. The van der Waals surface area contributed by atoms with Gasteiger partial charge in [0, 0.05) is 24.8 Å². The van der Waals surface area contributed by atoms with Gasteiger partial charge in [0.25, 0.3) is 0 Å². The Hall–Kier alpha value is -0.269. The zero-order chi connectivity index (χ0) is 14.2. The van der Waals surface area contributed by atoms with Crippen LogP contribution in [0.1, 0.15) is 12.8 Å². The first-order chi connectivity index (χ1) is 7.51. The molecular formula is C7H5CrCuFeMnO10+4. The summed E-state index contributed by atoms with van der Waals surface area (Å²) in [4.78, 5) is 38.3. The SMILES string of the molecule is O=C([O-])CC(O)(CC(=O)[O-])C(=O)[O-].O=C([O-])[O-].[Cr+3].[Cu+2].[Fe+2].[Mn+2]. The van der Waals surface area contributed by atoms with Crippen LogP contribution in [0.25, 0.3) is 0 Å². The second kappa shape index (κ2) is 17.8. The van der Waals surface area contributed by atoms with Crippen LogP contribution in [0, 0.1) is 0 Å². The predicted octanol–water partition coefficient (Wildman–Crippen LogP) is -7.71. The van der Waals surface area contributed by atoms with Crippen LogP contribution in [0.4, 0.5) is 4.79 Å². The molecule has 0 aromatic rings. The molecule has 0 aromatic heterocycles. The molecule has 0 atom stereocenters. The van der Waals surface area contributed by atoms with Crippen molar-refractivity contribution >= 4 is 24.1 Å². The third-order valence-electron chi connectivity index (χ3n) is 1.25. The Balaban J connectivity index is -0.0000000629. The third kappa shape index (κ3) is 25.1. The number of carbonyl (C=O) groups is 4. The molecular weight excluding hydrogens is 470 g/mol. The molecule has 121 valence electrons. The number of aliphatic hydroxyl groups is 1. The molecule has 14 heteroatoms. The van der Waals surface area contributed by atoms with Crippen molar-refractivity contribution in [3.05, 3.63) is 0 Å². The molecule has 0 spiro atoms. The van der Waals surface area contributed by atoms with E-state index < -0.39 is 42.5 Å². The molecule has 0 aliphatic carbocycles. The molecule has 0 aromatic carbocycles. The Morgan fingerprint density at radius 2 is 1.05 bits per heavy atom. The summed E-state index contributed by atoms with van der Waals surface area (Å²) in [6.45, 7) is 0. The first-order valence-electron chi connectivity index (χ1n) is 3.72. The van der Waals surface area contributed by atoms with Crippen molar-refractivity contribution in [1.82, 2.24) is 0 Å². The summed E-state index contributed by atoms with van der Waals surface area (Å²) in [5.41, 5.74) is -2.97. The van der Waals surface area contributed by atoms with Gasteiger partial charge in [-0.2, -0.15) is 0 Å². The van der Waals surface area contributed by atoms with Crippen molar-refractivity contribution in [3.8, 4) is 0 Å². The van der Waals surface area contributed by atoms with Crippen LogP contribution in [0.15, 0.2) is 0 Å². The molecule has 0 heterocycles. The van der Waals surface area contributed by atoms with Crippen molar-refractivity contribution in [2.75, 3.05) is 0 Å². The van der Waals surface area contributed by atoms with Gasteiger partial charge < -0.3 is 49.8 Å². The number of rotatable bonds is 5. The largest absolute Gasteiger partial charge is 3.00 e. The Morgan fingerprint density at radius 3 is 1.14 bits per heavy atom. The summed E-state index contributed by atoms with van der Waals surface area (Å²) in [6.07, 6.45) is -5.05. The fraction of sp³-hybridized carbons (Fsp3) is 0.429.